The Balaban J connectivity index is 1.64. The summed E-state index contributed by atoms with van der Waals surface area (Å²) in [4.78, 5) is 16.3. The molecular weight excluding hydrogens is 274 g/mol. The number of hydrogen-bond donors (Lipinski definition) is 1. The van der Waals surface area contributed by atoms with E-state index in [1.807, 2.05) is 12.1 Å². The van der Waals surface area contributed by atoms with Gasteiger partial charge in [0.2, 0.25) is 5.91 Å². The molecule has 1 unspecified atom stereocenters. The van der Waals surface area contributed by atoms with Crippen molar-refractivity contribution in [3.63, 3.8) is 0 Å². The number of halogens is 1. The van der Waals surface area contributed by atoms with E-state index in [1.165, 1.54) is 25.1 Å². The molecule has 20 heavy (non-hydrogen) atoms. The van der Waals surface area contributed by atoms with Gasteiger partial charge in [0.15, 0.2) is 0 Å². The minimum Gasteiger partial charge on any atom is -0.369 e. The molecule has 108 valence electrons. The van der Waals surface area contributed by atoms with Gasteiger partial charge in [-0.25, -0.2) is 0 Å². The second-order valence-electron chi connectivity index (χ2n) is 5.51. The van der Waals surface area contributed by atoms with Crippen molar-refractivity contribution in [1.29, 1.82) is 0 Å². The third-order valence-corrected chi connectivity index (χ3v) is 4.47. The van der Waals surface area contributed by atoms with Crippen molar-refractivity contribution in [2.24, 2.45) is 0 Å². The third-order valence-electron chi connectivity index (χ3n) is 4.22. The third kappa shape index (κ3) is 2.91. The molecule has 0 saturated carbocycles. The number of nitrogens with one attached hydrogen (secondary N) is 1. The van der Waals surface area contributed by atoms with E-state index in [1.54, 1.807) is 0 Å². The Morgan fingerprint density at radius 1 is 1.25 bits per heavy atom. The van der Waals surface area contributed by atoms with Crippen molar-refractivity contribution < 1.29 is 4.79 Å². The molecule has 1 aromatic carbocycles. The zero-order valence-corrected chi connectivity index (χ0v) is 12.3. The summed E-state index contributed by atoms with van der Waals surface area (Å²) in [5, 5.41) is 2.76. The van der Waals surface area contributed by atoms with E-state index in [0.29, 0.717) is 0 Å². The largest absolute Gasteiger partial charge is 0.369 e. The Morgan fingerprint density at radius 2 is 2.05 bits per heavy atom. The van der Waals surface area contributed by atoms with E-state index in [2.05, 4.69) is 27.2 Å². The maximum Gasteiger partial charge on any atom is 0.239 e. The molecule has 3 rings (SSSR count). The number of fused-ring (bicyclic) bond motifs is 1. The fourth-order valence-electron chi connectivity index (χ4n) is 3.18. The normalized spacial score (nSPS) is 22.6. The topological polar surface area (TPSA) is 35.6 Å². The Hall–Kier alpha value is -1.26. The Labute approximate surface area is 124 Å². The molecule has 0 aromatic heterocycles. The first-order chi connectivity index (χ1) is 9.76. The standard InChI is InChI=1S/C15H20ClN3O/c16-10-15(20)17-12-3-5-13(6-4-12)19-9-8-18-7-1-2-14(18)11-19/h3-6,14H,1-2,7-11H2,(H,17,20). The Morgan fingerprint density at radius 3 is 2.80 bits per heavy atom. The zero-order valence-electron chi connectivity index (χ0n) is 11.5. The second-order valence-corrected chi connectivity index (χ2v) is 5.77. The lowest BCUT2D eigenvalue weighted by atomic mass is 10.1. The highest BCUT2D eigenvalue weighted by molar-refractivity contribution is 6.29. The summed E-state index contributed by atoms with van der Waals surface area (Å²) in [5.41, 5.74) is 2.04. The van der Waals surface area contributed by atoms with E-state index >= 15 is 0 Å². The number of alkyl halides is 1. The lowest BCUT2D eigenvalue weighted by Gasteiger charge is -2.38. The number of rotatable bonds is 3. The molecular formula is C15H20ClN3O. The predicted molar refractivity (Wildman–Crippen MR) is 82.6 cm³/mol. The lowest BCUT2D eigenvalue weighted by molar-refractivity contribution is -0.113. The van der Waals surface area contributed by atoms with Crippen LogP contribution in [0.2, 0.25) is 0 Å². The fourth-order valence-corrected chi connectivity index (χ4v) is 3.24. The van der Waals surface area contributed by atoms with Crippen LogP contribution in [0.25, 0.3) is 0 Å². The maximum atomic E-state index is 11.2. The van der Waals surface area contributed by atoms with Crippen molar-refractivity contribution in [3.8, 4) is 0 Å². The summed E-state index contributed by atoms with van der Waals surface area (Å²) in [6.07, 6.45) is 2.66. The van der Waals surface area contributed by atoms with Gasteiger partial charge in [-0.1, -0.05) is 0 Å². The molecule has 2 heterocycles. The van der Waals surface area contributed by atoms with E-state index in [9.17, 15) is 4.79 Å². The first kappa shape index (κ1) is 13.7. The highest BCUT2D eigenvalue weighted by atomic mass is 35.5. The van der Waals surface area contributed by atoms with Crippen LogP contribution in [0.15, 0.2) is 24.3 Å². The number of hydrogen-bond acceptors (Lipinski definition) is 3. The lowest BCUT2D eigenvalue weighted by Crippen LogP contribution is -2.50. The van der Waals surface area contributed by atoms with Crippen LogP contribution in [0.3, 0.4) is 0 Å². The number of carbonyl (C=O) groups is 1. The fraction of sp³-hybridized carbons (Fsp3) is 0.533. The molecule has 0 radical (unpaired) electrons. The first-order valence-corrected chi connectivity index (χ1v) is 7.74. The second kappa shape index (κ2) is 6.02. The van der Waals surface area contributed by atoms with Crippen LogP contribution in [-0.2, 0) is 4.79 Å². The highest BCUT2D eigenvalue weighted by Gasteiger charge is 2.30. The molecule has 2 aliphatic heterocycles. The molecule has 2 aliphatic rings. The zero-order chi connectivity index (χ0) is 13.9. The molecule has 2 fully saturated rings. The summed E-state index contributed by atoms with van der Waals surface area (Å²) in [5.74, 6) is -0.176. The molecule has 5 heteroatoms. The summed E-state index contributed by atoms with van der Waals surface area (Å²) in [6, 6.07) is 8.77. The molecule has 1 atom stereocenters. The van der Waals surface area contributed by atoms with Crippen LogP contribution in [-0.4, -0.2) is 48.9 Å². The maximum absolute atomic E-state index is 11.2. The van der Waals surface area contributed by atoms with Gasteiger partial charge < -0.3 is 10.2 Å². The van der Waals surface area contributed by atoms with Crippen LogP contribution in [0.5, 0.6) is 0 Å². The van der Waals surface area contributed by atoms with E-state index in [0.717, 1.165) is 31.4 Å². The van der Waals surface area contributed by atoms with Gasteiger partial charge in [0, 0.05) is 37.1 Å². The number of anilines is 2. The average Bonchev–Trinajstić information content (AvgIpc) is 2.95. The van der Waals surface area contributed by atoms with Crippen LogP contribution in [0.1, 0.15) is 12.8 Å². The first-order valence-electron chi connectivity index (χ1n) is 7.21. The average molecular weight is 294 g/mol. The molecule has 0 bridgehead atoms. The molecule has 0 aliphatic carbocycles. The predicted octanol–water partition coefficient (Wildman–Crippen LogP) is 2.15. The van der Waals surface area contributed by atoms with E-state index < -0.39 is 0 Å². The van der Waals surface area contributed by atoms with Gasteiger partial charge in [-0.15, -0.1) is 11.6 Å². The summed E-state index contributed by atoms with van der Waals surface area (Å²) in [7, 11) is 0. The van der Waals surface area contributed by atoms with Gasteiger partial charge in [-0.3, -0.25) is 9.69 Å². The Kier molecular flexibility index (Phi) is 4.13. The van der Waals surface area contributed by atoms with Gasteiger partial charge in [-0.2, -0.15) is 0 Å². The van der Waals surface area contributed by atoms with Gasteiger partial charge in [0.1, 0.15) is 5.88 Å². The molecule has 1 aromatic rings. The van der Waals surface area contributed by atoms with E-state index in [4.69, 9.17) is 11.6 Å². The minimum absolute atomic E-state index is 0.00854. The number of piperazine rings is 1. The monoisotopic (exact) mass is 293 g/mol. The quantitative estimate of drug-likeness (QED) is 0.868. The van der Waals surface area contributed by atoms with Gasteiger partial charge >= 0.3 is 0 Å². The van der Waals surface area contributed by atoms with Crippen molar-refractivity contribution in [2.75, 3.05) is 42.3 Å². The van der Waals surface area contributed by atoms with Crippen molar-refractivity contribution in [3.05, 3.63) is 24.3 Å². The Bertz CT molecular complexity index is 477. The van der Waals surface area contributed by atoms with Gasteiger partial charge in [0.25, 0.3) is 0 Å². The summed E-state index contributed by atoms with van der Waals surface area (Å²) in [6.45, 7) is 4.63. The minimum atomic E-state index is -0.168. The van der Waals surface area contributed by atoms with Crippen molar-refractivity contribution in [1.82, 2.24) is 4.90 Å². The van der Waals surface area contributed by atoms with E-state index in [-0.39, 0.29) is 11.8 Å². The van der Waals surface area contributed by atoms with Crippen LogP contribution < -0.4 is 10.2 Å². The smallest absolute Gasteiger partial charge is 0.239 e. The van der Waals surface area contributed by atoms with Crippen LogP contribution in [0.4, 0.5) is 11.4 Å². The van der Waals surface area contributed by atoms with Gasteiger partial charge in [0.05, 0.1) is 0 Å². The molecule has 2 saturated heterocycles. The molecule has 1 N–H and O–H groups in total. The number of benzene rings is 1. The van der Waals surface area contributed by atoms with Crippen LogP contribution >= 0.6 is 11.6 Å². The highest BCUT2D eigenvalue weighted by Crippen LogP contribution is 2.26. The molecule has 0 spiro atoms. The number of nitrogens with zero attached hydrogens (tertiary/aromatic N) is 2. The number of carbonyl (C=O) groups excluding carboxylic acids is 1. The molecule has 4 nitrogen and oxygen atoms in total. The van der Waals surface area contributed by atoms with Crippen LogP contribution in [0, 0.1) is 0 Å². The van der Waals surface area contributed by atoms with Crippen molar-refractivity contribution >= 4 is 28.9 Å². The van der Waals surface area contributed by atoms with Gasteiger partial charge in [-0.05, 0) is 43.7 Å². The number of amides is 1. The molecule has 1 amide bonds. The van der Waals surface area contributed by atoms with Crippen molar-refractivity contribution in [2.45, 2.75) is 18.9 Å². The summed E-state index contributed by atoms with van der Waals surface area (Å²) < 4.78 is 0. The SMILES string of the molecule is O=C(CCl)Nc1ccc(N2CCN3CCCC3C2)cc1. The summed E-state index contributed by atoms with van der Waals surface area (Å²) >= 11 is 5.48.